The fraction of sp³-hybridized carbons (Fsp3) is 0.158. The third-order valence-corrected chi connectivity index (χ3v) is 4.02. The average molecular weight is 351 g/mol. The van der Waals surface area contributed by atoms with Crippen LogP contribution in [0.3, 0.4) is 0 Å². The van der Waals surface area contributed by atoms with Crippen LogP contribution in [0.2, 0.25) is 0 Å². The topological polar surface area (TPSA) is 100 Å². The quantitative estimate of drug-likeness (QED) is 0.496. The van der Waals surface area contributed by atoms with E-state index >= 15 is 0 Å². The number of carbonyl (C=O) groups is 1. The van der Waals surface area contributed by atoms with Crippen LogP contribution in [0.1, 0.15) is 5.82 Å². The molecule has 0 spiro atoms. The lowest BCUT2D eigenvalue weighted by molar-refractivity contribution is -0.123. The molecule has 26 heavy (non-hydrogen) atoms. The van der Waals surface area contributed by atoms with Crippen molar-refractivity contribution in [2.45, 2.75) is 6.42 Å². The van der Waals surface area contributed by atoms with Gasteiger partial charge in [-0.1, -0.05) is 12.1 Å². The summed E-state index contributed by atoms with van der Waals surface area (Å²) in [6.07, 6.45) is 1.87. The number of carbonyl (C=O) groups excluding carboxylic acids is 1. The van der Waals surface area contributed by atoms with E-state index in [2.05, 4.69) is 15.3 Å². The number of amides is 1. The standard InChI is InChI=1S/C19H17N3O4/c23-16-10-26-17-9-12(5-6-13(16)17)25-11-19(24)20-8-7-18-21-14-3-1-2-4-15(14)22-18/h1-6,9-10,23H,7-8,11H2,(H,20,24)(H,21,22). The van der Waals surface area contributed by atoms with E-state index in [4.69, 9.17) is 9.15 Å². The molecule has 4 rings (SSSR count). The molecule has 0 aliphatic rings. The summed E-state index contributed by atoms with van der Waals surface area (Å²) in [7, 11) is 0. The summed E-state index contributed by atoms with van der Waals surface area (Å²) < 4.78 is 10.7. The number of rotatable bonds is 6. The van der Waals surface area contributed by atoms with E-state index in [1.807, 2.05) is 24.3 Å². The number of hydrogen-bond donors (Lipinski definition) is 3. The largest absolute Gasteiger partial charge is 0.504 e. The van der Waals surface area contributed by atoms with Gasteiger partial charge in [0.25, 0.3) is 5.91 Å². The number of hydrogen-bond acceptors (Lipinski definition) is 5. The molecule has 0 saturated heterocycles. The van der Waals surface area contributed by atoms with Gasteiger partial charge in [0.1, 0.15) is 23.4 Å². The Kier molecular flexibility index (Phi) is 4.18. The zero-order valence-corrected chi connectivity index (χ0v) is 13.9. The highest BCUT2D eigenvalue weighted by atomic mass is 16.5. The van der Waals surface area contributed by atoms with Gasteiger partial charge < -0.3 is 24.6 Å². The molecule has 4 aromatic rings. The number of H-pyrrole nitrogens is 1. The Hall–Kier alpha value is -3.48. The third kappa shape index (κ3) is 3.32. The van der Waals surface area contributed by atoms with Crippen LogP contribution < -0.4 is 10.1 Å². The summed E-state index contributed by atoms with van der Waals surface area (Å²) in [5.41, 5.74) is 2.40. The minimum Gasteiger partial charge on any atom is -0.504 e. The molecule has 0 aliphatic carbocycles. The number of aromatic hydroxyl groups is 1. The first-order valence-corrected chi connectivity index (χ1v) is 8.22. The Balaban J connectivity index is 1.26. The predicted molar refractivity (Wildman–Crippen MR) is 96.2 cm³/mol. The molecular weight excluding hydrogens is 334 g/mol. The van der Waals surface area contributed by atoms with E-state index in [1.54, 1.807) is 18.2 Å². The lowest BCUT2D eigenvalue weighted by atomic mass is 10.2. The Morgan fingerprint density at radius 2 is 2.15 bits per heavy atom. The van der Waals surface area contributed by atoms with Crippen molar-refractivity contribution in [1.82, 2.24) is 15.3 Å². The van der Waals surface area contributed by atoms with E-state index in [0.29, 0.717) is 29.7 Å². The Morgan fingerprint density at radius 3 is 3.04 bits per heavy atom. The zero-order chi connectivity index (χ0) is 17.9. The Labute approximate surface area is 148 Å². The normalized spacial score (nSPS) is 11.1. The van der Waals surface area contributed by atoms with Crippen LogP contribution in [-0.4, -0.2) is 34.1 Å². The Bertz CT molecular complexity index is 1030. The van der Waals surface area contributed by atoms with Crippen molar-refractivity contribution in [3.8, 4) is 11.5 Å². The number of fused-ring (bicyclic) bond motifs is 2. The van der Waals surface area contributed by atoms with Gasteiger partial charge in [0.15, 0.2) is 12.4 Å². The minimum atomic E-state index is -0.219. The fourth-order valence-corrected chi connectivity index (χ4v) is 2.73. The molecule has 0 saturated carbocycles. The molecular formula is C19H17N3O4. The van der Waals surface area contributed by atoms with E-state index in [1.165, 1.54) is 6.26 Å². The van der Waals surface area contributed by atoms with E-state index < -0.39 is 0 Å². The van der Waals surface area contributed by atoms with Crippen molar-refractivity contribution in [3.63, 3.8) is 0 Å². The summed E-state index contributed by atoms with van der Waals surface area (Å²) in [4.78, 5) is 19.6. The van der Waals surface area contributed by atoms with Gasteiger partial charge >= 0.3 is 0 Å². The zero-order valence-electron chi connectivity index (χ0n) is 13.9. The molecule has 0 atom stereocenters. The van der Waals surface area contributed by atoms with Crippen molar-refractivity contribution in [2.75, 3.05) is 13.2 Å². The minimum absolute atomic E-state index is 0.0786. The molecule has 7 heteroatoms. The smallest absolute Gasteiger partial charge is 0.257 e. The van der Waals surface area contributed by atoms with E-state index in [9.17, 15) is 9.90 Å². The van der Waals surface area contributed by atoms with Gasteiger partial charge in [0.2, 0.25) is 0 Å². The van der Waals surface area contributed by atoms with Gasteiger partial charge in [-0.2, -0.15) is 0 Å². The summed E-state index contributed by atoms with van der Waals surface area (Å²) in [6.45, 7) is 0.367. The molecule has 1 amide bonds. The molecule has 0 aliphatic heterocycles. The highest BCUT2D eigenvalue weighted by Gasteiger charge is 2.08. The number of benzene rings is 2. The number of para-hydroxylation sites is 2. The van der Waals surface area contributed by atoms with Crippen LogP contribution in [-0.2, 0) is 11.2 Å². The average Bonchev–Trinajstić information content (AvgIpc) is 3.23. The molecule has 0 bridgehead atoms. The summed E-state index contributed by atoms with van der Waals surface area (Å²) in [5, 5.41) is 13.0. The second-order valence-electron chi connectivity index (χ2n) is 5.87. The highest BCUT2D eigenvalue weighted by molar-refractivity contribution is 5.85. The fourth-order valence-electron chi connectivity index (χ4n) is 2.73. The molecule has 2 aromatic carbocycles. The number of ether oxygens (including phenoxy) is 1. The molecule has 0 unspecified atom stereocenters. The maximum absolute atomic E-state index is 11.9. The van der Waals surface area contributed by atoms with Crippen LogP contribution >= 0.6 is 0 Å². The number of imidazole rings is 1. The third-order valence-electron chi connectivity index (χ3n) is 4.02. The molecule has 0 radical (unpaired) electrons. The first-order chi connectivity index (χ1) is 12.7. The lowest BCUT2D eigenvalue weighted by Gasteiger charge is -2.07. The number of nitrogens with one attached hydrogen (secondary N) is 2. The number of aromatic nitrogens is 2. The van der Waals surface area contributed by atoms with Gasteiger partial charge in [0, 0.05) is 19.0 Å². The first-order valence-electron chi connectivity index (χ1n) is 8.22. The van der Waals surface area contributed by atoms with Crippen molar-refractivity contribution in [3.05, 3.63) is 54.6 Å². The van der Waals surface area contributed by atoms with E-state index in [0.717, 1.165) is 16.9 Å². The van der Waals surface area contributed by atoms with Crippen LogP contribution in [0.25, 0.3) is 22.0 Å². The summed E-state index contributed by atoms with van der Waals surface area (Å²) in [5.74, 6) is 1.19. The maximum atomic E-state index is 11.9. The summed E-state index contributed by atoms with van der Waals surface area (Å²) >= 11 is 0. The first kappa shape index (κ1) is 16.0. The van der Waals surface area contributed by atoms with Crippen molar-refractivity contribution >= 4 is 27.9 Å². The molecule has 3 N–H and O–H groups in total. The second kappa shape index (κ2) is 6.79. The van der Waals surface area contributed by atoms with Gasteiger partial charge in [-0.05, 0) is 24.3 Å². The summed E-state index contributed by atoms with van der Waals surface area (Å²) in [6, 6.07) is 12.8. The lowest BCUT2D eigenvalue weighted by Crippen LogP contribution is -2.30. The number of aromatic amines is 1. The molecule has 2 heterocycles. The van der Waals surface area contributed by atoms with E-state index in [-0.39, 0.29) is 18.3 Å². The van der Waals surface area contributed by atoms with Crippen molar-refractivity contribution in [2.24, 2.45) is 0 Å². The molecule has 7 nitrogen and oxygen atoms in total. The molecule has 0 fully saturated rings. The number of furan rings is 1. The van der Waals surface area contributed by atoms with Crippen LogP contribution in [0.5, 0.6) is 11.5 Å². The highest BCUT2D eigenvalue weighted by Crippen LogP contribution is 2.29. The van der Waals surface area contributed by atoms with Crippen LogP contribution in [0.15, 0.2) is 53.1 Å². The van der Waals surface area contributed by atoms with Gasteiger partial charge in [-0.3, -0.25) is 4.79 Å². The SMILES string of the molecule is O=C(COc1ccc2c(O)coc2c1)NCCc1nc2ccccc2[nH]1. The van der Waals surface area contributed by atoms with Gasteiger partial charge in [0.05, 0.1) is 16.4 Å². The molecule has 2 aromatic heterocycles. The van der Waals surface area contributed by atoms with Crippen LogP contribution in [0.4, 0.5) is 0 Å². The predicted octanol–water partition coefficient (Wildman–Crippen LogP) is 2.75. The monoisotopic (exact) mass is 351 g/mol. The number of nitrogens with zero attached hydrogens (tertiary/aromatic N) is 1. The van der Waals surface area contributed by atoms with Crippen molar-refractivity contribution in [1.29, 1.82) is 0 Å². The van der Waals surface area contributed by atoms with Crippen molar-refractivity contribution < 1.29 is 19.1 Å². The second-order valence-corrected chi connectivity index (χ2v) is 5.87. The maximum Gasteiger partial charge on any atom is 0.257 e. The van der Waals surface area contributed by atoms with Crippen LogP contribution in [0, 0.1) is 0 Å². The molecule has 132 valence electrons. The Morgan fingerprint density at radius 1 is 1.27 bits per heavy atom. The van der Waals surface area contributed by atoms with Gasteiger partial charge in [-0.25, -0.2) is 4.98 Å². The van der Waals surface area contributed by atoms with Gasteiger partial charge in [-0.15, -0.1) is 0 Å².